The zero-order valence-electron chi connectivity index (χ0n) is 7.59. The number of rotatable bonds is 5. The van der Waals surface area contributed by atoms with E-state index in [9.17, 15) is 4.79 Å². The topological polar surface area (TPSA) is 67.8 Å². The minimum absolute atomic E-state index is 0.174. The smallest absolute Gasteiger partial charge is 0.269 e. The Labute approximate surface area is 71.6 Å². The molecule has 1 amide bonds. The summed E-state index contributed by atoms with van der Waals surface area (Å²) in [6.45, 7) is 3.81. The molecule has 0 atom stereocenters. The lowest BCUT2D eigenvalue weighted by molar-refractivity contribution is -0.142. The van der Waals surface area contributed by atoms with Crippen LogP contribution < -0.4 is 5.48 Å². The van der Waals surface area contributed by atoms with Gasteiger partial charge in [-0.25, -0.2) is 5.48 Å². The Morgan fingerprint density at radius 2 is 2.17 bits per heavy atom. The summed E-state index contributed by atoms with van der Waals surface area (Å²) in [6, 6.07) is 0. The molecule has 5 heteroatoms. The van der Waals surface area contributed by atoms with E-state index >= 15 is 0 Å². The van der Waals surface area contributed by atoms with Crippen LogP contribution in [0.5, 0.6) is 0 Å². The molecule has 0 bridgehead atoms. The summed E-state index contributed by atoms with van der Waals surface area (Å²) in [5, 5.41) is 8.15. The summed E-state index contributed by atoms with van der Waals surface area (Å²) in [5.74, 6) is -0.570. The van der Waals surface area contributed by atoms with Crippen LogP contribution >= 0.6 is 0 Å². The van der Waals surface area contributed by atoms with E-state index in [-0.39, 0.29) is 6.61 Å². The highest BCUT2D eigenvalue weighted by Gasteiger charge is 2.19. The van der Waals surface area contributed by atoms with Crippen molar-refractivity contribution >= 4 is 5.91 Å². The zero-order valence-corrected chi connectivity index (χ0v) is 7.59. The number of hydroxylamine groups is 1. The highest BCUT2D eigenvalue weighted by molar-refractivity contribution is 5.75. The van der Waals surface area contributed by atoms with Crippen molar-refractivity contribution in [2.75, 3.05) is 20.3 Å². The average molecular weight is 177 g/mol. The maximum absolute atomic E-state index is 10.5. The van der Waals surface area contributed by atoms with Crippen LogP contribution in [0.4, 0.5) is 0 Å². The van der Waals surface area contributed by atoms with Crippen molar-refractivity contribution in [1.82, 2.24) is 5.48 Å². The second-order valence-corrected chi connectivity index (χ2v) is 3.02. The molecular weight excluding hydrogens is 162 g/mol. The fourth-order valence-corrected chi connectivity index (χ4v) is 0.682. The molecule has 0 unspecified atom stereocenters. The van der Waals surface area contributed by atoms with E-state index in [1.807, 2.05) is 0 Å². The Kier molecular flexibility index (Phi) is 4.80. The SMILES string of the molecule is COCC(C)(C)OCC(=O)NO. The van der Waals surface area contributed by atoms with Crippen LogP contribution in [0.2, 0.25) is 0 Å². The van der Waals surface area contributed by atoms with Gasteiger partial charge in [-0.2, -0.15) is 0 Å². The molecule has 0 heterocycles. The number of carbonyl (C=O) groups is 1. The van der Waals surface area contributed by atoms with Gasteiger partial charge in [-0.1, -0.05) is 0 Å². The molecule has 12 heavy (non-hydrogen) atoms. The summed E-state index contributed by atoms with van der Waals surface area (Å²) in [7, 11) is 1.55. The monoisotopic (exact) mass is 177 g/mol. The first-order valence-corrected chi connectivity index (χ1v) is 3.57. The van der Waals surface area contributed by atoms with Crippen LogP contribution in [0.3, 0.4) is 0 Å². The fourth-order valence-electron chi connectivity index (χ4n) is 0.682. The van der Waals surface area contributed by atoms with Crippen LogP contribution in [0.1, 0.15) is 13.8 Å². The van der Waals surface area contributed by atoms with Gasteiger partial charge in [0.15, 0.2) is 0 Å². The molecule has 0 aromatic rings. The number of hydrogen-bond acceptors (Lipinski definition) is 4. The molecule has 0 radical (unpaired) electrons. The lowest BCUT2D eigenvalue weighted by Crippen LogP contribution is -2.35. The van der Waals surface area contributed by atoms with E-state index in [4.69, 9.17) is 14.7 Å². The van der Waals surface area contributed by atoms with Gasteiger partial charge in [0, 0.05) is 7.11 Å². The first-order valence-electron chi connectivity index (χ1n) is 3.57. The number of carbonyl (C=O) groups excluding carboxylic acids is 1. The molecule has 0 saturated heterocycles. The summed E-state index contributed by atoms with van der Waals surface area (Å²) < 4.78 is 9.98. The molecule has 5 nitrogen and oxygen atoms in total. The van der Waals surface area contributed by atoms with E-state index in [1.54, 1.807) is 21.0 Å². The van der Waals surface area contributed by atoms with Gasteiger partial charge in [0.2, 0.25) is 0 Å². The van der Waals surface area contributed by atoms with E-state index in [0.717, 1.165) is 0 Å². The molecule has 0 aliphatic rings. The van der Waals surface area contributed by atoms with E-state index in [0.29, 0.717) is 6.61 Å². The molecular formula is C7H15NO4. The van der Waals surface area contributed by atoms with Crippen molar-refractivity contribution in [2.24, 2.45) is 0 Å². The third-order valence-electron chi connectivity index (χ3n) is 1.21. The predicted octanol–water partition coefficient (Wildman–Crippen LogP) is -0.0666. The minimum Gasteiger partial charge on any atom is -0.382 e. The van der Waals surface area contributed by atoms with Gasteiger partial charge in [-0.05, 0) is 13.8 Å². The van der Waals surface area contributed by atoms with Gasteiger partial charge in [-0.15, -0.1) is 0 Å². The Balaban J connectivity index is 3.67. The Morgan fingerprint density at radius 1 is 1.58 bits per heavy atom. The number of hydrogen-bond donors (Lipinski definition) is 2. The maximum atomic E-state index is 10.5. The summed E-state index contributed by atoms with van der Waals surface area (Å²) in [5.41, 5.74) is 0.962. The van der Waals surface area contributed by atoms with Crippen LogP contribution in [-0.4, -0.2) is 37.0 Å². The highest BCUT2D eigenvalue weighted by Crippen LogP contribution is 2.08. The second-order valence-electron chi connectivity index (χ2n) is 3.02. The van der Waals surface area contributed by atoms with Crippen LogP contribution in [0.25, 0.3) is 0 Å². The second kappa shape index (κ2) is 5.08. The van der Waals surface area contributed by atoms with E-state index in [1.165, 1.54) is 5.48 Å². The summed E-state index contributed by atoms with van der Waals surface area (Å²) in [4.78, 5) is 10.5. The normalized spacial score (nSPS) is 11.3. The minimum atomic E-state index is -0.570. The molecule has 0 aliphatic heterocycles. The maximum Gasteiger partial charge on any atom is 0.269 e. The molecule has 0 aromatic carbocycles. The lowest BCUT2D eigenvalue weighted by Gasteiger charge is -2.23. The van der Waals surface area contributed by atoms with Gasteiger partial charge < -0.3 is 9.47 Å². The van der Waals surface area contributed by atoms with Gasteiger partial charge in [-0.3, -0.25) is 10.0 Å². The van der Waals surface area contributed by atoms with Crippen LogP contribution in [0, 0.1) is 0 Å². The lowest BCUT2D eigenvalue weighted by atomic mass is 10.1. The third kappa shape index (κ3) is 5.06. The molecule has 2 N–H and O–H groups in total. The molecule has 72 valence electrons. The van der Waals surface area contributed by atoms with E-state index < -0.39 is 11.5 Å². The number of nitrogens with one attached hydrogen (secondary N) is 1. The first-order chi connectivity index (χ1) is 5.52. The van der Waals surface area contributed by atoms with Crippen molar-refractivity contribution in [1.29, 1.82) is 0 Å². The zero-order chi connectivity index (χ0) is 9.61. The van der Waals surface area contributed by atoms with Gasteiger partial charge in [0.05, 0.1) is 12.2 Å². The summed E-state index contributed by atoms with van der Waals surface area (Å²) >= 11 is 0. The third-order valence-corrected chi connectivity index (χ3v) is 1.21. The average Bonchev–Trinajstić information content (AvgIpc) is 2.00. The molecule has 0 spiro atoms. The number of methoxy groups -OCH3 is 1. The fraction of sp³-hybridized carbons (Fsp3) is 0.857. The Bertz CT molecular complexity index is 146. The summed E-state index contributed by atoms with van der Waals surface area (Å²) in [6.07, 6.45) is 0. The van der Waals surface area contributed by atoms with Crippen molar-refractivity contribution in [3.63, 3.8) is 0 Å². The van der Waals surface area contributed by atoms with Crippen molar-refractivity contribution in [3.05, 3.63) is 0 Å². The van der Waals surface area contributed by atoms with Crippen molar-refractivity contribution in [2.45, 2.75) is 19.4 Å². The predicted molar refractivity (Wildman–Crippen MR) is 41.8 cm³/mol. The largest absolute Gasteiger partial charge is 0.382 e. The molecule has 0 saturated carbocycles. The van der Waals surface area contributed by atoms with Crippen molar-refractivity contribution < 1.29 is 19.5 Å². The van der Waals surface area contributed by atoms with Crippen LogP contribution in [-0.2, 0) is 14.3 Å². The first kappa shape index (κ1) is 11.4. The highest BCUT2D eigenvalue weighted by atomic mass is 16.5. The van der Waals surface area contributed by atoms with E-state index in [2.05, 4.69) is 0 Å². The number of ether oxygens (including phenoxy) is 2. The number of amides is 1. The van der Waals surface area contributed by atoms with Crippen molar-refractivity contribution in [3.8, 4) is 0 Å². The molecule has 0 aromatic heterocycles. The Hall–Kier alpha value is -0.650. The quantitative estimate of drug-likeness (QED) is 0.456. The molecule has 0 fully saturated rings. The van der Waals surface area contributed by atoms with Gasteiger partial charge in [0.25, 0.3) is 5.91 Å². The molecule has 0 aliphatic carbocycles. The van der Waals surface area contributed by atoms with Gasteiger partial charge in [0.1, 0.15) is 6.61 Å². The standard InChI is InChI=1S/C7H15NO4/c1-7(2,5-11-3)12-4-6(9)8-10/h10H,4-5H2,1-3H3,(H,8,9). The van der Waals surface area contributed by atoms with Gasteiger partial charge >= 0.3 is 0 Å². The Morgan fingerprint density at radius 3 is 2.58 bits per heavy atom. The van der Waals surface area contributed by atoms with Crippen LogP contribution in [0.15, 0.2) is 0 Å². The molecule has 0 rings (SSSR count).